The third kappa shape index (κ3) is 4.98. The molecule has 7 heteroatoms. The monoisotopic (exact) mass is 263 g/mol. The van der Waals surface area contributed by atoms with E-state index < -0.39 is 15.9 Å². The average molecular weight is 264 g/mol. The van der Waals surface area contributed by atoms with Crippen molar-refractivity contribution in [3.05, 3.63) is 33.8 Å². The molecule has 14 heavy (non-hydrogen) atoms. The van der Waals surface area contributed by atoms with Gasteiger partial charge in [-0.25, -0.2) is 0 Å². The van der Waals surface area contributed by atoms with Gasteiger partial charge in [0.05, 0.1) is 0 Å². The van der Waals surface area contributed by atoms with Crippen LogP contribution in [0.2, 0.25) is 10.0 Å². The topological polar surface area (TPSA) is 54.4 Å². The fourth-order valence-corrected chi connectivity index (χ4v) is 2.03. The van der Waals surface area contributed by atoms with E-state index in [9.17, 15) is 8.42 Å². The summed E-state index contributed by atoms with van der Waals surface area (Å²) in [4.78, 5) is 0. The van der Waals surface area contributed by atoms with Crippen LogP contribution in [-0.2, 0) is 15.9 Å². The molecule has 1 N–H and O–H groups in total. The van der Waals surface area contributed by atoms with Crippen LogP contribution in [0.1, 0.15) is 5.56 Å². The second kappa shape index (κ2) is 5.70. The second-order valence-corrected chi connectivity index (χ2v) is 4.76. The Labute approximate surface area is 114 Å². The van der Waals surface area contributed by atoms with Crippen molar-refractivity contribution in [1.82, 2.24) is 0 Å². The molecule has 0 aliphatic carbocycles. The summed E-state index contributed by atoms with van der Waals surface area (Å²) in [6, 6.07) is 4.38. The summed E-state index contributed by atoms with van der Waals surface area (Å²) >= 11 is 11.3. The Morgan fingerprint density at radius 3 is 2.29 bits per heavy atom. The minimum Gasteiger partial charge on any atom is -0.285 e. The van der Waals surface area contributed by atoms with Gasteiger partial charge in [-0.2, -0.15) is 8.42 Å². The van der Waals surface area contributed by atoms with E-state index in [-0.39, 0.29) is 34.6 Å². The molecule has 0 amide bonds. The number of hydrogen-bond acceptors (Lipinski definition) is 2. The maximum Gasteiger partial charge on any atom is 1.00 e. The van der Waals surface area contributed by atoms with Crippen molar-refractivity contribution in [2.75, 3.05) is 0 Å². The molecule has 0 saturated carbocycles. The van der Waals surface area contributed by atoms with Gasteiger partial charge in [-0.1, -0.05) is 29.3 Å². The fraction of sp³-hybridized carbons (Fsp3) is 0.143. The summed E-state index contributed by atoms with van der Waals surface area (Å²) < 4.78 is 29.5. The smallest absolute Gasteiger partial charge is 0.285 e. The Hall–Kier alpha value is 0.710. The third-order valence-corrected chi connectivity index (χ3v) is 2.62. The quantitative estimate of drug-likeness (QED) is 0.572. The molecule has 0 spiro atoms. The Kier molecular flexibility index (Phi) is 5.99. The molecule has 0 atom stereocenters. The predicted octanol–water partition coefficient (Wildman–Crippen LogP) is -0.615. The zero-order valence-electron chi connectivity index (χ0n) is 7.37. The van der Waals surface area contributed by atoms with Crippen LogP contribution in [0.4, 0.5) is 0 Å². The van der Waals surface area contributed by atoms with Gasteiger partial charge in [-0.3, -0.25) is 4.55 Å². The van der Waals surface area contributed by atoms with E-state index in [2.05, 4.69) is 0 Å². The van der Waals surface area contributed by atoms with Crippen molar-refractivity contribution in [2.45, 2.75) is 5.75 Å². The summed E-state index contributed by atoms with van der Waals surface area (Å²) in [5.74, 6) is -0.497. The molecule has 0 aromatic heterocycles. The minimum atomic E-state index is -4.04. The van der Waals surface area contributed by atoms with E-state index in [1.54, 1.807) is 0 Å². The second-order valence-electron chi connectivity index (χ2n) is 2.46. The molecule has 0 aliphatic rings. The molecular formula is C7H6Cl2NaO3S+. The van der Waals surface area contributed by atoms with E-state index >= 15 is 0 Å². The van der Waals surface area contributed by atoms with Crippen molar-refractivity contribution in [2.24, 2.45) is 0 Å². The van der Waals surface area contributed by atoms with Gasteiger partial charge in [0, 0.05) is 10.0 Å². The van der Waals surface area contributed by atoms with Crippen LogP contribution < -0.4 is 29.6 Å². The van der Waals surface area contributed by atoms with Gasteiger partial charge in [0.1, 0.15) is 5.75 Å². The average Bonchev–Trinajstić information content (AvgIpc) is 1.93. The summed E-state index contributed by atoms with van der Waals surface area (Å²) in [5, 5.41) is 0.647. The molecule has 3 nitrogen and oxygen atoms in total. The molecule has 1 aromatic carbocycles. The molecule has 1 rings (SSSR count). The van der Waals surface area contributed by atoms with E-state index in [1.165, 1.54) is 18.2 Å². The molecule has 0 unspecified atom stereocenters. The molecule has 0 bridgehead atoms. The standard InChI is InChI=1S/C7H6Cl2O3S.Na/c8-6-2-1-5(7(9)3-6)4-13(10,11)12;/h1-3H,4H2,(H,10,11,12);/q;+1. The van der Waals surface area contributed by atoms with Gasteiger partial charge in [0.15, 0.2) is 0 Å². The number of halogens is 2. The molecular weight excluding hydrogens is 258 g/mol. The summed E-state index contributed by atoms with van der Waals surface area (Å²) in [6.45, 7) is 0. The zero-order valence-corrected chi connectivity index (χ0v) is 11.7. The van der Waals surface area contributed by atoms with Gasteiger partial charge < -0.3 is 0 Å². The van der Waals surface area contributed by atoms with E-state index in [4.69, 9.17) is 27.8 Å². The summed E-state index contributed by atoms with van der Waals surface area (Å²) in [5.41, 5.74) is 0.327. The van der Waals surface area contributed by atoms with Gasteiger partial charge in [0.2, 0.25) is 0 Å². The first-order valence-corrected chi connectivity index (χ1v) is 5.64. The van der Waals surface area contributed by atoms with Gasteiger partial charge in [-0.15, -0.1) is 0 Å². The Morgan fingerprint density at radius 2 is 1.86 bits per heavy atom. The van der Waals surface area contributed by atoms with Crippen LogP contribution >= 0.6 is 23.2 Å². The molecule has 0 heterocycles. The Balaban J connectivity index is 0.00000169. The van der Waals surface area contributed by atoms with Crippen LogP contribution in [0.15, 0.2) is 18.2 Å². The number of hydrogen-bond donors (Lipinski definition) is 1. The Bertz CT molecular complexity index is 419. The maximum atomic E-state index is 10.5. The maximum absolute atomic E-state index is 10.5. The Morgan fingerprint density at radius 1 is 1.29 bits per heavy atom. The van der Waals surface area contributed by atoms with Crippen LogP contribution in [0.5, 0.6) is 0 Å². The van der Waals surface area contributed by atoms with Crippen molar-refractivity contribution < 1.29 is 42.5 Å². The molecule has 0 aliphatic heterocycles. The largest absolute Gasteiger partial charge is 1.00 e. The first kappa shape index (κ1) is 14.7. The fourth-order valence-electron chi connectivity index (χ4n) is 0.835. The van der Waals surface area contributed by atoms with E-state index in [0.29, 0.717) is 10.6 Å². The molecule has 0 fully saturated rings. The molecule has 1 aromatic rings. The molecule has 0 saturated heterocycles. The SMILES string of the molecule is O=S(=O)(O)Cc1ccc(Cl)cc1Cl.[Na+]. The van der Waals surface area contributed by atoms with Crippen LogP contribution in [0.3, 0.4) is 0 Å². The van der Waals surface area contributed by atoms with E-state index in [1.807, 2.05) is 0 Å². The first-order chi connectivity index (χ1) is 5.88. The van der Waals surface area contributed by atoms with Crippen molar-refractivity contribution in [3.8, 4) is 0 Å². The van der Waals surface area contributed by atoms with Gasteiger partial charge >= 0.3 is 29.6 Å². The van der Waals surface area contributed by atoms with Crippen molar-refractivity contribution in [3.63, 3.8) is 0 Å². The third-order valence-electron chi connectivity index (χ3n) is 1.35. The summed E-state index contributed by atoms with van der Waals surface area (Å²) in [6.07, 6.45) is 0. The van der Waals surface area contributed by atoms with Gasteiger partial charge in [-0.05, 0) is 17.7 Å². The van der Waals surface area contributed by atoms with Gasteiger partial charge in [0.25, 0.3) is 10.1 Å². The minimum absolute atomic E-state index is 0. The normalized spacial score (nSPS) is 10.8. The zero-order chi connectivity index (χ0) is 10.1. The summed E-state index contributed by atoms with van der Waals surface area (Å²) in [7, 11) is -4.04. The van der Waals surface area contributed by atoms with Crippen LogP contribution in [0.25, 0.3) is 0 Å². The number of benzene rings is 1. The first-order valence-electron chi connectivity index (χ1n) is 3.27. The van der Waals surface area contributed by atoms with E-state index in [0.717, 1.165) is 0 Å². The predicted molar refractivity (Wildman–Crippen MR) is 51.7 cm³/mol. The molecule has 72 valence electrons. The van der Waals surface area contributed by atoms with Crippen LogP contribution in [-0.4, -0.2) is 13.0 Å². The molecule has 0 radical (unpaired) electrons. The van der Waals surface area contributed by atoms with Crippen molar-refractivity contribution in [1.29, 1.82) is 0 Å². The number of rotatable bonds is 2. The van der Waals surface area contributed by atoms with Crippen LogP contribution in [0, 0.1) is 0 Å². The van der Waals surface area contributed by atoms with Crippen molar-refractivity contribution >= 4 is 33.3 Å².